The van der Waals surface area contributed by atoms with Gasteiger partial charge in [-0.05, 0) is 38.0 Å². The Labute approximate surface area is 139 Å². The van der Waals surface area contributed by atoms with Crippen LogP contribution in [0, 0.1) is 6.92 Å². The second-order valence-electron chi connectivity index (χ2n) is 6.20. The molecule has 3 aromatic rings. The van der Waals surface area contributed by atoms with E-state index >= 15 is 0 Å². The molecule has 1 aromatic carbocycles. The van der Waals surface area contributed by atoms with Gasteiger partial charge >= 0.3 is 0 Å². The lowest BCUT2D eigenvalue weighted by Gasteiger charge is -2.25. The number of nitrogens with zero attached hydrogens (tertiary/aromatic N) is 5. The molecule has 1 aliphatic rings. The Morgan fingerprint density at radius 2 is 2.00 bits per heavy atom. The van der Waals surface area contributed by atoms with Gasteiger partial charge in [0.05, 0.1) is 16.9 Å². The van der Waals surface area contributed by atoms with Gasteiger partial charge in [0.2, 0.25) is 5.95 Å². The van der Waals surface area contributed by atoms with E-state index < -0.39 is 0 Å². The third-order valence-corrected chi connectivity index (χ3v) is 4.61. The first-order chi connectivity index (χ1) is 11.6. The highest BCUT2D eigenvalue weighted by Gasteiger charge is 2.31. The number of anilines is 1. The summed E-state index contributed by atoms with van der Waals surface area (Å²) in [7, 11) is 1.80. The van der Waals surface area contributed by atoms with Crippen LogP contribution in [0.4, 0.5) is 5.95 Å². The van der Waals surface area contributed by atoms with Crippen molar-refractivity contribution >= 4 is 16.9 Å². The van der Waals surface area contributed by atoms with Crippen molar-refractivity contribution < 1.29 is 0 Å². The molecule has 6 nitrogen and oxygen atoms in total. The Kier molecular flexibility index (Phi) is 3.52. The number of hydrogen-bond donors (Lipinski definition) is 0. The number of fused-ring (bicyclic) bond motifs is 1. The van der Waals surface area contributed by atoms with Crippen LogP contribution in [0.2, 0.25) is 0 Å². The minimum Gasteiger partial charge on any atom is -0.331 e. The van der Waals surface area contributed by atoms with E-state index in [0.717, 1.165) is 36.4 Å². The van der Waals surface area contributed by atoms with Gasteiger partial charge < -0.3 is 4.90 Å². The average molecular weight is 321 g/mol. The maximum atomic E-state index is 12.7. The molecule has 1 fully saturated rings. The molecule has 0 spiro atoms. The minimum atomic E-state index is -0.00684. The second-order valence-corrected chi connectivity index (χ2v) is 6.20. The molecular formula is C18H19N5O. The predicted octanol–water partition coefficient (Wildman–Crippen LogP) is 2.37. The molecule has 6 heteroatoms. The lowest BCUT2D eigenvalue weighted by atomic mass is 10.1. The van der Waals surface area contributed by atoms with Crippen LogP contribution in [0.25, 0.3) is 10.9 Å². The Hall–Kier alpha value is -2.76. The van der Waals surface area contributed by atoms with E-state index in [1.165, 1.54) is 0 Å². The summed E-state index contributed by atoms with van der Waals surface area (Å²) >= 11 is 0. The molecule has 0 saturated carbocycles. The third kappa shape index (κ3) is 2.35. The quantitative estimate of drug-likeness (QED) is 0.725. The van der Waals surface area contributed by atoms with Crippen LogP contribution in [0.3, 0.4) is 0 Å². The Morgan fingerprint density at radius 3 is 2.83 bits per heavy atom. The fourth-order valence-electron chi connectivity index (χ4n) is 3.38. The molecule has 24 heavy (non-hydrogen) atoms. The molecule has 0 N–H and O–H groups in total. The topological polar surface area (TPSA) is 63.9 Å². The minimum absolute atomic E-state index is 0.00684. The van der Waals surface area contributed by atoms with Gasteiger partial charge in [-0.25, -0.2) is 15.0 Å². The fourth-order valence-corrected chi connectivity index (χ4v) is 3.38. The van der Waals surface area contributed by atoms with E-state index in [1.807, 2.05) is 37.3 Å². The van der Waals surface area contributed by atoms with Gasteiger partial charge in [-0.1, -0.05) is 12.1 Å². The van der Waals surface area contributed by atoms with Crippen molar-refractivity contribution in [3.8, 4) is 0 Å². The molecule has 2 aromatic heterocycles. The van der Waals surface area contributed by atoms with Crippen molar-refractivity contribution in [3.63, 3.8) is 0 Å². The summed E-state index contributed by atoms with van der Waals surface area (Å²) < 4.78 is 1.67. The zero-order chi connectivity index (χ0) is 16.7. The van der Waals surface area contributed by atoms with Crippen molar-refractivity contribution in [1.29, 1.82) is 0 Å². The predicted molar refractivity (Wildman–Crippen MR) is 93.1 cm³/mol. The van der Waals surface area contributed by atoms with Crippen molar-refractivity contribution in [2.45, 2.75) is 25.8 Å². The molecule has 0 aliphatic carbocycles. The lowest BCUT2D eigenvalue weighted by molar-refractivity contribution is 0.602. The summed E-state index contributed by atoms with van der Waals surface area (Å²) in [5, 5.41) is 0.653. The fraction of sp³-hybridized carbons (Fsp3) is 0.333. The summed E-state index contributed by atoms with van der Waals surface area (Å²) in [5.74, 6) is 1.49. The van der Waals surface area contributed by atoms with Gasteiger partial charge in [-0.3, -0.25) is 9.36 Å². The van der Waals surface area contributed by atoms with Gasteiger partial charge in [0.25, 0.3) is 5.56 Å². The molecule has 1 atom stereocenters. The number of aryl methyl sites for hydroxylation is 1. The van der Waals surface area contributed by atoms with E-state index in [4.69, 9.17) is 4.98 Å². The van der Waals surface area contributed by atoms with Gasteiger partial charge in [0, 0.05) is 25.5 Å². The van der Waals surface area contributed by atoms with Crippen molar-refractivity contribution in [2.75, 3.05) is 11.4 Å². The molecular weight excluding hydrogens is 302 g/mol. The first kappa shape index (κ1) is 14.8. The van der Waals surface area contributed by atoms with Crippen LogP contribution in [0.15, 0.2) is 41.3 Å². The monoisotopic (exact) mass is 321 g/mol. The zero-order valence-electron chi connectivity index (χ0n) is 13.8. The Morgan fingerprint density at radius 1 is 1.17 bits per heavy atom. The molecule has 3 heterocycles. The normalized spacial score (nSPS) is 17.6. The maximum absolute atomic E-state index is 12.7. The van der Waals surface area contributed by atoms with Crippen LogP contribution in [0.1, 0.15) is 30.4 Å². The van der Waals surface area contributed by atoms with Gasteiger partial charge in [0.1, 0.15) is 5.82 Å². The first-order valence-electron chi connectivity index (χ1n) is 8.17. The number of hydrogen-bond acceptors (Lipinski definition) is 5. The molecule has 0 bridgehead atoms. The van der Waals surface area contributed by atoms with Crippen LogP contribution in [-0.2, 0) is 7.05 Å². The zero-order valence-corrected chi connectivity index (χ0v) is 13.8. The number of benzene rings is 1. The SMILES string of the molecule is Cc1ccnc(N2CCCC2c2nc3ccccc3c(=O)n2C)n1. The first-order valence-corrected chi connectivity index (χ1v) is 8.17. The highest BCUT2D eigenvalue weighted by Crippen LogP contribution is 2.33. The lowest BCUT2D eigenvalue weighted by Crippen LogP contribution is -2.31. The standard InChI is InChI=1S/C18H19N5O/c1-12-9-10-19-18(20-12)23-11-5-8-15(23)16-21-14-7-4-3-6-13(14)17(24)22(16)2/h3-4,6-7,9-10,15H,5,8,11H2,1-2H3. The van der Waals surface area contributed by atoms with Crippen LogP contribution < -0.4 is 10.5 Å². The summed E-state index contributed by atoms with van der Waals surface area (Å²) in [6.07, 6.45) is 3.75. The van der Waals surface area contributed by atoms with E-state index in [2.05, 4.69) is 14.9 Å². The molecule has 4 rings (SSSR count). The van der Waals surface area contributed by atoms with E-state index in [9.17, 15) is 4.79 Å². The number of aromatic nitrogens is 4. The molecule has 1 aliphatic heterocycles. The Balaban J connectivity index is 1.84. The summed E-state index contributed by atoms with van der Waals surface area (Å²) in [6.45, 7) is 2.83. The van der Waals surface area contributed by atoms with Gasteiger partial charge in [-0.2, -0.15) is 0 Å². The van der Waals surface area contributed by atoms with E-state index in [0.29, 0.717) is 11.3 Å². The Bertz CT molecular complexity index is 965. The highest BCUT2D eigenvalue weighted by atomic mass is 16.1. The third-order valence-electron chi connectivity index (χ3n) is 4.61. The van der Waals surface area contributed by atoms with E-state index in [1.54, 1.807) is 17.8 Å². The summed E-state index contributed by atoms with van der Waals surface area (Å²) in [4.78, 5) is 28.6. The highest BCUT2D eigenvalue weighted by molar-refractivity contribution is 5.77. The number of rotatable bonds is 2. The average Bonchev–Trinajstić information content (AvgIpc) is 3.07. The molecule has 1 unspecified atom stereocenters. The molecule has 1 saturated heterocycles. The summed E-state index contributed by atoms with van der Waals surface area (Å²) in [6, 6.07) is 9.41. The van der Waals surface area contributed by atoms with Gasteiger partial charge in [0.15, 0.2) is 0 Å². The number of para-hydroxylation sites is 1. The second kappa shape index (κ2) is 5.70. The maximum Gasteiger partial charge on any atom is 0.261 e. The van der Waals surface area contributed by atoms with E-state index in [-0.39, 0.29) is 11.6 Å². The molecule has 0 radical (unpaired) electrons. The van der Waals surface area contributed by atoms with Crippen molar-refractivity contribution in [1.82, 2.24) is 19.5 Å². The van der Waals surface area contributed by atoms with Crippen molar-refractivity contribution in [2.24, 2.45) is 7.05 Å². The van der Waals surface area contributed by atoms with Gasteiger partial charge in [-0.15, -0.1) is 0 Å². The van der Waals surface area contributed by atoms with Crippen LogP contribution >= 0.6 is 0 Å². The summed E-state index contributed by atoms with van der Waals surface area (Å²) in [5.41, 5.74) is 1.67. The van der Waals surface area contributed by atoms with Crippen LogP contribution in [-0.4, -0.2) is 26.1 Å². The van der Waals surface area contributed by atoms with Crippen LogP contribution in [0.5, 0.6) is 0 Å². The molecule has 122 valence electrons. The largest absolute Gasteiger partial charge is 0.331 e. The van der Waals surface area contributed by atoms with Crippen molar-refractivity contribution in [3.05, 3.63) is 58.4 Å². The smallest absolute Gasteiger partial charge is 0.261 e. The molecule has 0 amide bonds.